The second-order valence-corrected chi connectivity index (χ2v) is 3.78. The van der Waals surface area contributed by atoms with Gasteiger partial charge in [-0.2, -0.15) is 0 Å². The lowest BCUT2D eigenvalue weighted by Crippen LogP contribution is -2.20. The van der Waals surface area contributed by atoms with E-state index in [4.69, 9.17) is 5.73 Å². The molecular weight excluding hydrogens is 217 g/mol. The molecule has 1 rings (SSSR count). The van der Waals surface area contributed by atoms with E-state index < -0.39 is 18.2 Å². The summed E-state index contributed by atoms with van der Waals surface area (Å²) in [7, 11) is 3.37. The lowest BCUT2D eigenvalue weighted by molar-refractivity contribution is 0.117. The number of anilines is 1. The fraction of sp³-hybridized carbons (Fsp3) is 0.455. The van der Waals surface area contributed by atoms with Crippen molar-refractivity contribution in [3.8, 4) is 0 Å². The van der Waals surface area contributed by atoms with Gasteiger partial charge < -0.3 is 10.6 Å². The third kappa shape index (κ3) is 2.66. The topological polar surface area (TPSA) is 29.3 Å². The molecule has 0 aliphatic carbocycles. The molecule has 0 heterocycles. The Bertz CT molecular complexity index is 353. The van der Waals surface area contributed by atoms with Crippen LogP contribution in [-0.4, -0.2) is 27.1 Å². The summed E-state index contributed by atoms with van der Waals surface area (Å²) in [6.07, 6.45) is -2.57. The quantitative estimate of drug-likeness (QED) is 0.862. The first kappa shape index (κ1) is 12.8. The van der Waals surface area contributed by atoms with Gasteiger partial charge in [0.2, 0.25) is 6.43 Å². The third-order valence-electron chi connectivity index (χ3n) is 2.44. The molecule has 0 aliphatic heterocycles. The highest BCUT2D eigenvalue weighted by Crippen LogP contribution is 2.26. The largest absolute Gasteiger partial charge is 0.375 e. The molecule has 0 fully saturated rings. The van der Waals surface area contributed by atoms with E-state index in [1.807, 2.05) is 0 Å². The van der Waals surface area contributed by atoms with Gasteiger partial charge in [-0.05, 0) is 17.7 Å². The molecule has 0 spiro atoms. The van der Waals surface area contributed by atoms with Gasteiger partial charge in [0.05, 0.1) is 11.6 Å². The molecule has 1 aromatic carbocycles. The van der Waals surface area contributed by atoms with Gasteiger partial charge in [-0.3, -0.25) is 0 Å². The highest BCUT2D eigenvalue weighted by atomic mass is 19.3. The number of nitrogens with two attached hydrogens (primary N) is 1. The van der Waals surface area contributed by atoms with Crippen molar-refractivity contribution in [3.63, 3.8) is 0 Å². The van der Waals surface area contributed by atoms with Crippen molar-refractivity contribution in [3.05, 3.63) is 29.6 Å². The molecule has 90 valence electrons. The maximum Gasteiger partial charge on any atom is 0.246 e. The Morgan fingerprint density at radius 2 is 1.94 bits per heavy atom. The van der Waals surface area contributed by atoms with Gasteiger partial charge in [-0.15, -0.1) is 0 Å². The summed E-state index contributed by atoms with van der Waals surface area (Å²) in [5, 5.41) is 0. The Hall–Kier alpha value is -1.23. The first-order valence-electron chi connectivity index (χ1n) is 4.92. The number of hydrogen-bond acceptors (Lipinski definition) is 2. The molecule has 1 aromatic rings. The molecule has 1 unspecified atom stereocenters. The van der Waals surface area contributed by atoms with Crippen molar-refractivity contribution in [2.24, 2.45) is 5.73 Å². The molecule has 1 atom stereocenters. The van der Waals surface area contributed by atoms with Gasteiger partial charge in [0.15, 0.2) is 0 Å². The summed E-state index contributed by atoms with van der Waals surface area (Å²) in [4.78, 5) is 1.58. The van der Waals surface area contributed by atoms with E-state index in [0.29, 0.717) is 5.69 Å². The van der Waals surface area contributed by atoms with Crippen molar-refractivity contribution < 1.29 is 13.2 Å². The molecule has 0 radical (unpaired) electrons. The van der Waals surface area contributed by atoms with Crippen molar-refractivity contribution in [1.29, 1.82) is 0 Å². The fourth-order valence-electron chi connectivity index (χ4n) is 1.50. The second kappa shape index (κ2) is 5.21. The van der Waals surface area contributed by atoms with Gasteiger partial charge in [-0.1, -0.05) is 6.07 Å². The zero-order chi connectivity index (χ0) is 12.3. The maximum absolute atomic E-state index is 13.5. The molecule has 0 saturated carbocycles. The Kier molecular flexibility index (Phi) is 4.18. The highest BCUT2D eigenvalue weighted by molar-refractivity contribution is 5.48. The zero-order valence-corrected chi connectivity index (χ0v) is 9.25. The number of nitrogens with zero attached hydrogens (tertiary/aromatic N) is 1. The van der Waals surface area contributed by atoms with Gasteiger partial charge in [-0.25, -0.2) is 13.2 Å². The highest BCUT2D eigenvalue weighted by Gasteiger charge is 2.21. The van der Waals surface area contributed by atoms with Gasteiger partial charge >= 0.3 is 0 Å². The van der Waals surface area contributed by atoms with Crippen LogP contribution in [0.15, 0.2) is 18.2 Å². The minimum atomic E-state index is -2.57. The molecule has 0 bridgehead atoms. The van der Waals surface area contributed by atoms with Crippen LogP contribution in [0.1, 0.15) is 11.5 Å². The molecule has 0 aromatic heterocycles. The van der Waals surface area contributed by atoms with E-state index in [1.165, 1.54) is 12.1 Å². The van der Waals surface area contributed by atoms with E-state index in [0.717, 1.165) is 6.07 Å². The number of alkyl halides is 2. The standard InChI is InChI=1S/C11H15F3N2/c1-16(2)10-4-3-7(5-9(10)12)8(6-15)11(13)14/h3-5,8,11H,6,15H2,1-2H3. The molecule has 0 amide bonds. The number of rotatable bonds is 4. The maximum atomic E-state index is 13.5. The van der Waals surface area contributed by atoms with Gasteiger partial charge in [0, 0.05) is 20.6 Å². The Balaban J connectivity index is 3.04. The van der Waals surface area contributed by atoms with Crippen molar-refractivity contribution in [1.82, 2.24) is 0 Å². The molecule has 5 heteroatoms. The summed E-state index contributed by atoms with van der Waals surface area (Å²) in [5.74, 6) is -1.62. The van der Waals surface area contributed by atoms with E-state index in [2.05, 4.69) is 0 Å². The molecule has 0 saturated heterocycles. The number of halogens is 3. The molecule has 2 nitrogen and oxygen atoms in total. The summed E-state index contributed by atoms with van der Waals surface area (Å²) in [6, 6.07) is 4.09. The van der Waals surface area contributed by atoms with E-state index >= 15 is 0 Å². The summed E-state index contributed by atoms with van der Waals surface area (Å²) in [6.45, 7) is -0.196. The van der Waals surface area contributed by atoms with Gasteiger partial charge in [0.1, 0.15) is 5.82 Å². The van der Waals surface area contributed by atoms with E-state index in [1.54, 1.807) is 19.0 Å². The van der Waals surface area contributed by atoms with Crippen LogP contribution >= 0.6 is 0 Å². The fourth-order valence-corrected chi connectivity index (χ4v) is 1.50. The molecule has 0 aliphatic rings. The number of benzene rings is 1. The predicted octanol–water partition coefficient (Wildman–Crippen LogP) is 2.20. The molecule has 16 heavy (non-hydrogen) atoms. The molecule has 2 N–H and O–H groups in total. The monoisotopic (exact) mass is 232 g/mol. The summed E-state index contributed by atoms with van der Waals surface area (Å²) >= 11 is 0. The number of hydrogen-bond donors (Lipinski definition) is 1. The second-order valence-electron chi connectivity index (χ2n) is 3.78. The van der Waals surface area contributed by atoms with E-state index in [-0.39, 0.29) is 12.1 Å². The minimum absolute atomic E-state index is 0.196. The van der Waals surface area contributed by atoms with E-state index in [9.17, 15) is 13.2 Å². The normalized spacial score (nSPS) is 12.9. The average molecular weight is 232 g/mol. The minimum Gasteiger partial charge on any atom is -0.375 e. The van der Waals surface area contributed by atoms with Crippen molar-refractivity contribution in [2.45, 2.75) is 12.3 Å². The van der Waals surface area contributed by atoms with Crippen molar-refractivity contribution in [2.75, 3.05) is 25.5 Å². The Labute approximate surface area is 92.9 Å². The smallest absolute Gasteiger partial charge is 0.246 e. The van der Waals surface area contributed by atoms with Crippen LogP contribution in [-0.2, 0) is 0 Å². The Morgan fingerprint density at radius 3 is 2.31 bits per heavy atom. The summed E-state index contributed by atoms with van der Waals surface area (Å²) in [5.41, 5.74) is 5.85. The lowest BCUT2D eigenvalue weighted by Gasteiger charge is -2.18. The van der Waals surface area contributed by atoms with Crippen LogP contribution in [0.2, 0.25) is 0 Å². The SMILES string of the molecule is CN(C)c1ccc(C(CN)C(F)F)cc1F. The van der Waals surface area contributed by atoms with Crippen LogP contribution in [0.4, 0.5) is 18.9 Å². The first-order chi connectivity index (χ1) is 7.47. The Morgan fingerprint density at radius 1 is 1.31 bits per heavy atom. The van der Waals surface area contributed by atoms with Crippen LogP contribution in [0.5, 0.6) is 0 Å². The average Bonchev–Trinajstić information content (AvgIpc) is 2.17. The third-order valence-corrected chi connectivity index (χ3v) is 2.44. The van der Waals surface area contributed by atoms with Crippen LogP contribution in [0, 0.1) is 5.82 Å². The first-order valence-corrected chi connectivity index (χ1v) is 4.92. The zero-order valence-electron chi connectivity index (χ0n) is 9.25. The van der Waals surface area contributed by atoms with Gasteiger partial charge in [0.25, 0.3) is 0 Å². The predicted molar refractivity (Wildman–Crippen MR) is 58.5 cm³/mol. The van der Waals surface area contributed by atoms with Crippen LogP contribution < -0.4 is 10.6 Å². The summed E-state index contributed by atoms with van der Waals surface area (Å²) < 4.78 is 38.7. The van der Waals surface area contributed by atoms with Crippen molar-refractivity contribution >= 4 is 5.69 Å². The van der Waals surface area contributed by atoms with Crippen LogP contribution in [0.3, 0.4) is 0 Å². The lowest BCUT2D eigenvalue weighted by atomic mass is 9.99. The molecular formula is C11H15F3N2. The van der Waals surface area contributed by atoms with Crippen LogP contribution in [0.25, 0.3) is 0 Å².